The van der Waals surface area contributed by atoms with Gasteiger partial charge in [-0.15, -0.1) is 0 Å². The van der Waals surface area contributed by atoms with Crippen LogP contribution in [-0.4, -0.2) is 40.9 Å². The second-order valence-corrected chi connectivity index (χ2v) is 6.55. The molecule has 3 rings (SSSR count). The molecule has 1 fully saturated rings. The Hall–Kier alpha value is -2.27. The fourth-order valence-corrected chi connectivity index (χ4v) is 3.41. The van der Waals surface area contributed by atoms with Crippen LogP contribution in [0.3, 0.4) is 0 Å². The van der Waals surface area contributed by atoms with Crippen LogP contribution in [0.5, 0.6) is 0 Å². The van der Waals surface area contributed by atoms with Crippen molar-refractivity contribution < 1.29 is 4.79 Å². The third kappa shape index (κ3) is 3.97. The number of amides is 1. The Balaban J connectivity index is 1.57. The number of hydrogen-bond acceptors (Lipinski definition) is 4. The van der Waals surface area contributed by atoms with Crippen LogP contribution >= 0.6 is 0 Å². The van der Waals surface area contributed by atoms with Crippen LogP contribution in [0.15, 0.2) is 42.9 Å². The number of rotatable bonds is 5. The summed E-state index contributed by atoms with van der Waals surface area (Å²) in [4.78, 5) is 23.0. The van der Waals surface area contributed by atoms with E-state index < -0.39 is 0 Å². The van der Waals surface area contributed by atoms with E-state index in [1.165, 1.54) is 5.56 Å². The molecule has 5 heteroatoms. The molecule has 2 aromatic heterocycles. The first-order valence-corrected chi connectivity index (χ1v) is 8.42. The molecule has 0 saturated carbocycles. The normalized spacial score (nSPS) is 20.9. The lowest BCUT2D eigenvalue weighted by molar-refractivity contribution is -0.120. The van der Waals surface area contributed by atoms with Gasteiger partial charge in [0, 0.05) is 36.9 Å². The molecule has 1 aliphatic heterocycles. The average Bonchev–Trinajstić information content (AvgIpc) is 2.96. The van der Waals surface area contributed by atoms with Gasteiger partial charge in [-0.3, -0.25) is 19.7 Å². The summed E-state index contributed by atoms with van der Waals surface area (Å²) < 4.78 is 0. The Labute approximate surface area is 143 Å². The highest BCUT2D eigenvalue weighted by Crippen LogP contribution is 2.35. The van der Waals surface area contributed by atoms with E-state index >= 15 is 0 Å². The quantitative estimate of drug-likeness (QED) is 0.915. The minimum Gasteiger partial charge on any atom is -0.355 e. The Kier molecular flexibility index (Phi) is 5.20. The van der Waals surface area contributed by atoms with E-state index in [-0.39, 0.29) is 5.91 Å². The van der Waals surface area contributed by atoms with E-state index in [1.54, 1.807) is 12.4 Å². The lowest BCUT2D eigenvalue weighted by Crippen LogP contribution is -2.33. The molecular formula is C19H24N4O. The minimum absolute atomic E-state index is 0.0557. The molecule has 1 amide bonds. The topological polar surface area (TPSA) is 58.1 Å². The molecule has 1 aliphatic rings. The SMILES string of the molecule is Cc1ccc(CC(=O)NC[C@@H]2CCN(C)[C@H]2c2cccnc2)cn1. The summed E-state index contributed by atoms with van der Waals surface area (Å²) in [6.45, 7) is 3.68. The number of nitrogens with zero attached hydrogens (tertiary/aromatic N) is 3. The number of nitrogens with one attached hydrogen (secondary N) is 1. The summed E-state index contributed by atoms with van der Waals surface area (Å²) in [5, 5.41) is 3.09. The van der Waals surface area contributed by atoms with E-state index in [0.717, 1.165) is 24.2 Å². The molecule has 126 valence electrons. The molecule has 24 heavy (non-hydrogen) atoms. The third-order valence-electron chi connectivity index (χ3n) is 4.70. The van der Waals surface area contributed by atoms with Gasteiger partial charge in [-0.1, -0.05) is 12.1 Å². The number of carbonyl (C=O) groups is 1. The van der Waals surface area contributed by atoms with Crippen molar-refractivity contribution in [2.75, 3.05) is 20.1 Å². The molecule has 0 spiro atoms. The zero-order chi connectivity index (χ0) is 16.9. The van der Waals surface area contributed by atoms with Gasteiger partial charge in [0.25, 0.3) is 0 Å². The van der Waals surface area contributed by atoms with Gasteiger partial charge >= 0.3 is 0 Å². The highest BCUT2D eigenvalue weighted by molar-refractivity contribution is 5.78. The van der Waals surface area contributed by atoms with Gasteiger partial charge < -0.3 is 5.32 Å². The van der Waals surface area contributed by atoms with Crippen molar-refractivity contribution >= 4 is 5.91 Å². The molecular weight excluding hydrogens is 300 g/mol. The van der Waals surface area contributed by atoms with Gasteiger partial charge in [-0.05, 0) is 56.1 Å². The zero-order valence-electron chi connectivity index (χ0n) is 14.3. The van der Waals surface area contributed by atoms with Crippen LogP contribution in [0.1, 0.15) is 29.3 Å². The van der Waals surface area contributed by atoms with Crippen molar-refractivity contribution in [1.82, 2.24) is 20.2 Å². The predicted octanol–water partition coefficient (Wildman–Crippen LogP) is 2.14. The van der Waals surface area contributed by atoms with E-state index in [2.05, 4.69) is 33.3 Å². The molecule has 0 aliphatic carbocycles. The van der Waals surface area contributed by atoms with Crippen LogP contribution in [0.4, 0.5) is 0 Å². The Morgan fingerprint density at radius 3 is 2.92 bits per heavy atom. The van der Waals surface area contributed by atoms with E-state index in [0.29, 0.717) is 24.9 Å². The van der Waals surface area contributed by atoms with Gasteiger partial charge in [0.2, 0.25) is 5.91 Å². The molecule has 0 radical (unpaired) electrons. The maximum Gasteiger partial charge on any atom is 0.224 e. The van der Waals surface area contributed by atoms with Crippen molar-refractivity contribution in [2.24, 2.45) is 5.92 Å². The second-order valence-electron chi connectivity index (χ2n) is 6.55. The van der Waals surface area contributed by atoms with Gasteiger partial charge in [0.15, 0.2) is 0 Å². The zero-order valence-corrected chi connectivity index (χ0v) is 14.3. The lowest BCUT2D eigenvalue weighted by atomic mass is 9.94. The minimum atomic E-state index is 0.0557. The fraction of sp³-hybridized carbons (Fsp3) is 0.421. The predicted molar refractivity (Wildman–Crippen MR) is 93.4 cm³/mol. The van der Waals surface area contributed by atoms with Gasteiger partial charge in [-0.2, -0.15) is 0 Å². The van der Waals surface area contributed by atoms with E-state index in [1.807, 2.05) is 31.3 Å². The van der Waals surface area contributed by atoms with Crippen molar-refractivity contribution in [2.45, 2.75) is 25.8 Å². The molecule has 1 N–H and O–H groups in total. The maximum absolute atomic E-state index is 12.2. The van der Waals surface area contributed by atoms with Crippen LogP contribution in [0.2, 0.25) is 0 Å². The van der Waals surface area contributed by atoms with E-state index in [9.17, 15) is 4.79 Å². The van der Waals surface area contributed by atoms with Crippen molar-refractivity contribution in [3.8, 4) is 0 Å². The van der Waals surface area contributed by atoms with Crippen LogP contribution in [-0.2, 0) is 11.2 Å². The average molecular weight is 324 g/mol. The first kappa shape index (κ1) is 16.6. The molecule has 0 bridgehead atoms. The molecule has 3 heterocycles. The van der Waals surface area contributed by atoms with E-state index in [4.69, 9.17) is 0 Å². The maximum atomic E-state index is 12.2. The molecule has 2 atom stereocenters. The number of carbonyl (C=O) groups excluding carboxylic acids is 1. The van der Waals surface area contributed by atoms with Crippen LogP contribution < -0.4 is 5.32 Å². The molecule has 1 saturated heterocycles. The van der Waals surface area contributed by atoms with Gasteiger partial charge in [-0.25, -0.2) is 0 Å². The summed E-state index contributed by atoms with van der Waals surface area (Å²) in [6, 6.07) is 8.31. The summed E-state index contributed by atoms with van der Waals surface area (Å²) in [7, 11) is 2.14. The van der Waals surface area contributed by atoms with Crippen LogP contribution in [0, 0.1) is 12.8 Å². The summed E-state index contributed by atoms with van der Waals surface area (Å²) in [5.41, 5.74) is 3.14. The van der Waals surface area contributed by atoms with Crippen molar-refractivity contribution in [1.29, 1.82) is 0 Å². The van der Waals surface area contributed by atoms with Gasteiger partial charge in [0.05, 0.1) is 6.42 Å². The van der Waals surface area contributed by atoms with Crippen molar-refractivity contribution in [3.63, 3.8) is 0 Å². The lowest BCUT2D eigenvalue weighted by Gasteiger charge is -2.25. The number of likely N-dealkylation sites (tertiary alicyclic amines) is 1. The molecule has 2 aromatic rings. The highest BCUT2D eigenvalue weighted by Gasteiger charge is 2.33. The van der Waals surface area contributed by atoms with Gasteiger partial charge in [0.1, 0.15) is 0 Å². The monoisotopic (exact) mass is 324 g/mol. The largest absolute Gasteiger partial charge is 0.355 e. The summed E-state index contributed by atoms with van der Waals surface area (Å²) in [6.07, 6.45) is 6.97. The first-order valence-electron chi connectivity index (χ1n) is 8.42. The highest BCUT2D eigenvalue weighted by atomic mass is 16.1. The Morgan fingerprint density at radius 2 is 2.21 bits per heavy atom. The third-order valence-corrected chi connectivity index (χ3v) is 4.70. The smallest absolute Gasteiger partial charge is 0.224 e. The molecule has 5 nitrogen and oxygen atoms in total. The standard InChI is InChI=1S/C19H24N4O/c1-14-5-6-15(11-21-14)10-18(24)22-13-17-7-9-23(2)19(17)16-4-3-8-20-12-16/h3-6,8,11-12,17,19H,7,9-10,13H2,1-2H3,(H,22,24)/t17-,19-/m0/s1. The number of aryl methyl sites for hydroxylation is 1. The number of hydrogen-bond donors (Lipinski definition) is 1. The Bertz CT molecular complexity index is 672. The molecule has 0 unspecified atom stereocenters. The van der Waals surface area contributed by atoms with Crippen molar-refractivity contribution in [3.05, 3.63) is 59.7 Å². The summed E-state index contributed by atoms with van der Waals surface area (Å²) in [5.74, 6) is 0.472. The second kappa shape index (κ2) is 7.53. The summed E-state index contributed by atoms with van der Waals surface area (Å²) >= 11 is 0. The first-order chi connectivity index (χ1) is 11.6. The fourth-order valence-electron chi connectivity index (χ4n) is 3.41. The Morgan fingerprint density at radius 1 is 1.33 bits per heavy atom. The van der Waals surface area contributed by atoms with Crippen LogP contribution in [0.25, 0.3) is 0 Å². The number of aromatic nitrogens is 2. The number of pyridine rings is 2. The molecule has 0 aromatic carbocycles.